The zero-order chi connectivity index (χ0) is 18.5. The van der Waals surface area contributed by atoms with Gasteiger partial charge in [0.25, 0.3) is 0 Å². The van der Waals surface area contributed by atoms with Gasteiger partial charge in [0.2, 0.25) is 11.8 Å². The van der Waals surface area contributed by atoms with Gasteiger partial charge in [-0.05, 0) is 36.8 Å². The number of nitrogens with one attached hydrogen (secondary N) is 2. The molecule has 0 saturated heterocycles. The molecular weight excluding hydrogens is 375 g/mol. The lowest BCUT2D eigenvalue weighted by atomic mass is 10.1. The van der Waals surface area contributed by atoms with Crippen molar-refractivity contribution in [3.05, 3.63) is 64.1 Å². The average molecular weight is 391 g/mol. The highest BCUT2D eigenvalue weighted by Crippen LogP contribution is 2.26. The molecule has 0 radical (unpaired) electrons. The minimum absolute atomic E-state index is 0.0489. The van der Waals surface area contributed by atoms with Gasteiger partial charge in [0.1, 0.15) is 0 Å². The minimum atomic E-state index is -0.301. The van der Waals surface area contributed by atoms with E-state index in [9.17, 15) is 4.79 Å². The SMILES string of the molecule is C[C@@H](NCC(=O)Nc1nnc(-c2ccccc2)o1)c1ccc(Cl)cc1Cl. The standard InChI is InChI=1S/C18H16Cl2N4O2/c1-11(14-8-7-13(19)9-15(14)20)21-10-16(25)22-18-24-23-17(26-18)12-5-3-2-4-6-12/h2-9,11,21H,10H2,1H3,(H,22,24,25)/t11-/m1/s1. The van der Waals surface area contributed by atoms with Crippen LogP contribution in [0.25, 0.3) is 11.5 Å². The number of benzene rings is 2. The van der Waals surface area contributed by atoms with Crippen LogP contribution in [0.4, 0.5) is 6.01 Å². The van der Waals surface area contributed by atoms with Crippen molar-refractivity contribution in [1.82, 2.24) is 15.5 Å². The van der Waals surface area contributed by atoms with Crippen LogP contribution >= 0.6 is 23.2 Å². The van der Waals surface area contributed by atoms with Crippen molar-refractivity contribution in [3.63, 3.8) is 0 Å². The van der Waals surface area contributed by atoms with Crippen molar-refractivity contribution in [1.29, 1.82) is 0 Å². The van der Waals surface area contributed by atoms with E-state index in [2.05, 4.69) is 20.8 Å². The van der Waals surface area contributed by atoms with Crippen LogP contribution < -0.4 is 10.6 Å². The third-order valence-electron chi connectivity index (χ3n) is 3.69. The van der Waals surface area contributed by atoms with E-state index in [4.69, 9.17) is 27.6 Å². The molecule has 1 aromatic heterocycles. The lowest BCUT2D eigenvalue weighted by molar-refractivity contribution is -0.115. The van der Waals surface area contributed by atoms with E-state index in [1.165, 1.54) is 0 Å². The van der Waals surface area contributed by atoms with Crippen molar-refractivity contribution < 1.29 is 9.21 Å². The van der Waals surface area contributed by atoms with E-state index in [0.29, 0.717) is 15.9 Å². The monoisotopic (exact) mass is 390 g/mol. The third kappa shape index (κ3) is 4.60. The molecule has 0 unspecified atom stereocenters. The summed E-state index contributed by atoms with van der Waals surface area (Å²) >= 11 is 12.1. The molecule has 2 N–H and O–H groups in total. The number of carbonyl (C=O) groups is 1. The van der Waals surface area contributed by atoms with E-state index in [1.807, 2.05) is 43.3 Å². The van der Waals surface area contributed by atoms with Crippen LogP contribution in [0.5, 0.6) is 0 Å². The predicted octanol–water partition coefficient (Wildman–Crippen LogP) is 4.33. The topological polar surface area (TPSA) is 80.0 Å². The van der Waals surface area contributed by atoms with Gasteiger partial charge in [-0.15, -0.1) is 5.10 Å². The molecular formula is C18H16Cl2N4O2. The number of amides is 1. The smallest absolute Gasteiger partial charge is 0.322 e. The molecule has 1 atom stereocenters. The molecule has 0 aliphatic carbocycles. The summed E-state index contributed by atoms with van der Waals surface area (Å²) in [5.41, 5.74) is 1.64. The van der Waals surface area contributed by atoms with Crippen molar-refractivity contribution in [3.8, 4) is 11.5 Å². The van der Waals surface area contributed by atoms with Gasteiger partial charge in [0, 0.05) is 21.7 Å². The van der Waals surface area contributed by atoms with Gasteiger partial charge >= 0.3 is 6.01 Å². The lowest BCUT2D eigenvalue weighted by Gasteiger charge is -2.15. The minimum Gasteiger partial charge on any atom is -0.403 e. The quantitative estimate of drug-likeness (QED) is 0.654. The number of nitrogens with zero attached hydrogens (tertiary/aromatic N) is 2. The lowest BCUT2D eigenvalue weighted by Crippen LogP contribution is -2.30. The second-order valence-electron chi connectivity index (χ2n) is 5.59. The van der Waals surface area contributed by atoms with Crippen LogP contribution in [0, 0.1) is 0 Å². The van der Waals surface area contributed by atoms with Crippen LogP contribution in [0.1, 0.15) is 18.5 Å². The second-order valence-corrected chi connectivity index (χ2v) is 6.44. The van der Waals surface area contributed by atoms with E-state index < -0.39 is 0 Å². The molecule has 1 amide bonds. The first-order valence-corrected chi connectivity index (χ1v) is 8.65. The Morgan fingerprint density at radius 3 is 2.65 bits per heavy atom. The summed E-state index contributed by atoms with van der Waals surface area (Å²) in [5.74, 6) is 0.0420. The molecule has 0 aliphatic heterocycles. The summed E-state index contributed by atoms with van der Waals surface area (Å²) in [4.78, 5) is 12.1. The first-order valence-electron chi connectivity index (χ1n) is 7.90. The molecule has 0 bridgehead atoms. The number of anilines is 1. The van der Waals surface area contributed by atoms with E-state index in [-0.39, 0.29) is 24.5 Å². The summed E-state index contributed by atoms with van der Waals surface area (Å²) in [6, 6.07) is 14.5. The molecule has 6 nitrogen and oxygen atoms in total. The van der Waals surface area contributed by atoms with Gasteiger partial charge < -0.3 is 9.73 Å². The maximum atomic E-state index is 12.1. The van der Waals surface area contributed by atoms with Crippen LogP contribution in [0.15, 0.2) is 52.9 Å². The number of aromatic nitrogens is 2. The Bertz CT molecular complexity index is 899. The highest BCUT2D eigenvalue weighted by atomic mass is 35.5. The van der Waals surface area contributed by atoms with Crippen LogP contribution in [0.3, 0.4) is 0 Å². The van der Waals surface area contributed by atoms with E-state index >= 15 is 0 Å². The summed E-state index contributed by atoms with van der Waals surface area (Å²) < 4.78 is 5.45. The van der Waals surface area contributed by atoms with Crippen molar-refractivity contribution in [2.75, 3.05) is 11.9 Å². The maximum Gasteiger partial charge on any atom is 0.322 e. The number of hydrogen-bond acceptors (Lipinski definition) is 5. The molecule has 2 aromatic carbocycles. The van der Waals surface area contributed by atoms with Gasteiger partial charge in [-0.25, -0.2) is 0 Å². The Kier molecular flexibility index (Phi) is 5.88. The van der Waals surface area contributed by atoms with E-state index in [1.54, 1.807) is 12.1 Å². The summed E-state index contributed by atoms with van der Waals surface area (Å²) in [7, 11) is 0. The number of halogens is 2. The number of hydrogen-bond donors (Lipinski definition) is 2. The zero-order valence-corrected chi connectivity index (χ0v) is 15.4. The second kappa shape index (κ2) is 8.31. The molecule has 0 spiro atoms. The van der Waals surface area contributed by atoms with Crippen molar-refractivity contribution in [2.24, 2.45) is 0 Å². The van der Waals surface area contributed by atoms with E-state index in [0.717, 1.165) is 11.1 Å². The highest BCUT2D eigenvalue weighted by molar-refractivity contribution is 6.35. The molecule has 3 aromatic rings. The molecule has 1 heterocycles. The van der Waals surface area contributed by atoms with Gasteiger partial charge in [-0.2, -0.15) is 0 Å². The van der Waals surface area contributed by atoms with Gasteiger partial charge in [-0.1, -0.05) is 52.6 Å². The Labute approximate surface area is 160 Å². The normalized spacial score (nSPS) is 12.0. The zero-order valence-electron chi connectivity index (χ0n) is 13.9. The molecule has 8 heteroatoms. The summed E-state index contributed by atoms with van der Waals surface area (Å²) in [6.45, 7) is 1.96. The van der Waals surface area contributed by atoms with Crippen LogP contribution in [-0.4, -0.2) is 22.6 Å². The number of carbonyl (C=O) groups excluding carboxylic acids is 1. The third-order valence-corrected chi connectivity index (χ3v) is 4.25. The first kappa shape index (κ1) is 18.4. The van der Waals surface area contributed by atoms with Crippen molar-refractivity contribution >= 4 is 35.1 Å². The molecule has 26 heavy (non-hydrogen) atoms. The Morgan fingerprint density at radius 2 is 1.92 bits per heavy atom. The molecule has 0 fully saturated rings. The molecule has 0 aliphatic rings. The largest absolute Gasteiger partial charge is 0.403 e. The Morgan fingerprint density at radius 1 is 1.15 bits per heavy atom. The fourth-order valence-electron chi connectivity index (χ4n) is 2.34. The highest BCUT2D eigenvalue weighted by Gasteiger charge is 2.14. The maximum absolute atomic E-state index is 12.1. The molecule has 134 valence electrons. The van der Waals surface area contributed by atoms with Crippen molar-refractivity contribution in [2.45, 2.75) is 13.0 Å². The molecule has 3 rings (SSSR count). The Hall–Kier alpha value is -2.41. The first-order chi connectivity index (χ1) is 12.5. The van der Waals surface area contributed by atoms with Gasteiger partial charge in [-0.3, -0.25) is 10.1 Å². The molecule has 0 saturated carbocycles. The van der Waals surface area contributed by atoms with Crippen LogP contribution in [-0.2, 0) is 4.79 Å². The fourth-order valence-corrected chi connectivity index (χ4v) is 2.92. The van der Waals surface area contributed by atoms with Gasteiger partial charge in [0.15, 0.2) is 0 Å². The average Bonchev–Trinajstić information content (AvgIpc) is 3.09. The summed E-state index contributed by atoms with van der Waals surface area (Å²) in [5, 5.41) is 14.5. The summed E-state index contributed by atoms with van der Waals surface area (Å²) in [6.07, 6.45) is 0. The van der Waals surface area contributed by atoms with Crippen LogP contribution in [0.2, 0.25) is 10.0 Å². The van der Waals surface area contributed by atoms with Gasteiger partial charge in [0.05, 0.1) is 6.54 Å². The fraction of sp³-hybridized carbons (Fsp3) is 0.167. The Balaban J connectivity index is 1.55. The number of rotatable bonds is 6. The predicted molar refractivity (Wildman–Crippen MR) is 101 cm³/mol.